The van der Waals surface area contributed by atoms with Gasteiger partial charge in [-0.1, -0.05) is 18.2 Å². The molecular formula is C10H14N2. The minimum atomic E-state index is 1.03. The SMILES string of the molecule is CN1CCNC2=C1C=CC=CC2. The van der Waals surface area contributed by atoms with Crippen LogP contribution in [0.5, 0.6) is 0 Å². The zero-order valence-corrected chi connectivity index (χ0v) is 7.38. The first-order chi connectivity index (χ1) is 5.88. The van der Waals surface area contributed by atoms with Crippen LogP contribution in [0.1, 0.15) is 6.42 Å². The van der Waals surface area contributed by atoms with Crippen LogP contribution in [0.4, 0.5) is 0 Å². The van der Waals surface area contributed by atoms with Crippen molar-refractivity contribution >= 4 is 0 Å². The number of nitrogens with zero attached hydrogens (tertiary/aromatic N) is 1. The Kier molecular flexibility index (Phi) is 1.90. The number of rotatable bonds is 0. The molecule has 0 atom stereocenters. The van der Waals surface area contributed by atoms with E-state index in [1.54, 1.807) is 0 Å². The smallest absolute Gasteiger partial charge is 0.0560 e. The first kappa shape index (κ1) is 7.47. The molecule has 0 aromatic heterocycles. The molecule has 0 radical (unpaired) electrons. The van der Waals surface area contributed by atoms with Crippen molar-refractivity contribution in [1.82, 2.24) is 10.2 Å². The van der Waals surface area contributed by atoms with Gasteiger partial charge in [0.05, 0.1) is 5.70 Å². The van der Waals surface area contributed by atoms with E-state index < -0.39 is 0 Å². The molecule has 0 fully saturated rings. The van der Waals surface area contributed by atoms with Crippen molar-refractivity contribution < 1.29 is 0 Å². The van der Waals surface area contributed by atoms with Crippen LogP contribution >= 0.6 is 0 Å². The van der Waals surface area contributed by atoms with Crippen LogP contribution < -0.4 is 5.32 Å². The van der Waals surface area contributed by atoms with Gasteiger partial charge in [0, 0.05) is 32.3 Å². The molecule has 12 heavy (non-hydrogen) atoms. The van der Waals surface area contributed by atoms with E-state index in [1.807, 2.05) is 0 Å². The molecule has 1 heterocycles. The van der Waals surface area contributed by atoms with Gasteiger partial charge in [-0.25, -0.2) is 0 Å². The molecular weight excluding hydrogens is 148 g/mol. The molecule has 0 saturated heterocycles. The van der Waals surface area contributed by atoms with Gasteiger partial charge in [0.2, 0.25) is 0 Å². The van der Waals surface area contributed by atoms with Crippen molar-refractivity contribution in [2.24, 2.45) is 0 Å². The highest BCUT2D eigenvalue weighted by Gasteiger charge is 2.13. The molecule has 1 N–H and O–H groups in total. The molecule has 1 aliphatic carbocycles. The molecule has 0 unspecified atom stereocenters. The van der Waals surface area contributed by atoms with Crippen LogP contribution in [0.25, 0.3) is 0 Å². The second-order valence-electron chi connectivity index (χ2n) is 3.20. The zero-order chi connectivity index (χ0) is 8.39. The van der Waals surface area contributed by atoms with Gasteiger partial charge >= 0.3 is 0 Å². The molecule has 0 aromatic carbocycles. The minimum Gasteiger partial charge on any atom is -0.385 e. The summed E-state index contributed by atoms with van der Waals surface area (Å²) >= 11 is 0. The quantitative estimate of drug-likeness (QED) is 0.576. The average molecular weight is 162 g/mol. The summed E-state index contributed by atoms with van der Waals surface area (Å²) in [5, 5.41) is 3.43. The monoisotopic (exact) mass is 162 g/mol. The maximum atomic E-state index is 3.43. The summed E-state index contributed by atoms with van der Waals surface area (Å²) in [5.74, 6) is 0. The summed E-state index contributed by atoms with van der Waals surface area (Å²) in [5.41, 5.74) is 2.69. The molecule has 2 aliphatic rings. The molecule has 0 aromatic rings. The first-order valence-electron chi connectivity index (χ1n) is 4.39. The number of hydrogen-bond acceptors (Lipinski definition) is 2. The van der Waals surface area contributed by atoms with E-state index in [0.29, 0.717) is 0 Å². The third kappa shape index (κ3) is 1.24. The average Bonchev–Trinajstić information content (AvgIpc) is 2.30. The Labute approximate surface area is 73.3 Å². The lowest BCUT2D eigenvalue weighted by atomic mass is 10.2. The Balaban J connectivity index is 2.32. The third-order valence-corrected chi connectivity index (χ3v) is 2.33. The molecule has 0 saturated carbocycles. The Bertz CT molecular complexity index is 261. The van der Waals surface area contributed by atoms with Crippen LogP contribution in [0, 0.1) is 0 Å². The lowest BCUT2D eigenvalue weighted by Crippen LogP contribution is -2.35. The fourth-order valence-corrected chi connectivity index (χ4v) is 1.63. The Hall–Kier alpha value is -1.18. The van der Waals surface area contributed by atoms with E-state index in [0.717, 1.165) is 19.5 Å². The Morgan fingerprint density at radius 1 is 1.42 bits per heavy atom. The normalized spacial score (nSPS) is 21.9. The van der Waals surface area contributed by atoms with E-state index in [2.05, 4.69) is 41.6 Å². The fourth-order valence-electron chi connectivity index (χ4n) is 1.63. The fraction of sp³-hybridized carbons (Fsp3) is 0.400. The van der Waals surface area contributed by atoms with Gasteiger partial charge in [-0.3, -0.25) is 0 Å². The molecule has 0 bridgehead atoms. The van der Waals surface area contributed by atoms with Crippen molar-refractivity contribution in [3.8, 4) is 0 Å². The van der Waals surface area contributed by atoms with E-state index in [4.69, 9.17) is 0 Å². The van der Waals surface area contributed by atoms with E-state index in [1.165, 1.54) is 11.4 Å². The maximum Gasteiger partial charge on any atom is 0.0560 e. The van der Waals surface area contributed by atoms with Crippen LogP contribution in [0.15, 0.2) is 35.7 Å². The molecule has 1 aliphatic heterocycles. The summed E-state index contributed by atoms with van der Waals surface area (Å²) in [4.78, 5) is 2.30. The van der Waals surface area contributed by atoms with Crippen molar-refractivity contribution in [3.63, 3.8) is 0 Å². The summed E-state index contributed by atoms with van der Waals surface area (Å²) in [6.07, 6.45) is 9.60. The highest BCUT2D eigenvalue weighted by atomic mass is 15.2. The minimum absolute atomic E-state index is 1.03. The first-order valence-corrected chi connectivity index (χ1v) is 4.39. The summed E-state index contributed by atoms with van der Waals surface area (Å²) in [7, 11) is 2.14. The molecule has 0 spiro atoms. The van der Waals surface area contributed by atoms with E-state index >= 15 is 0 Å². The molecule has 2 rings (SSSR count). The van der Waals surface area contributed by atoms with Gasteiger partial charge in [0.1, 0.15) is 0 Å². The van der Waals surface area contributed by atoms with Crippen LogP contribution in [-0.4, -0.2) is 25.0 Å². The number of hydrogen-bond donors (Lipinski definition) is 1. The topological polar surface area (TPSA) is 15.3 Å². The molecule has 2 nitrogen and oxygen atoms in total. The van der Waals surface area contributed by atoms with Crippen LogP contribution in [0.2, 0.25) is 0 Å². The van der Waals surface area contributed by atoms with Crippen LogP contribution in [-0.2, 0) is 0 Å². The second kappa shape index (κ2) is 3.05. The van der Waals surface area contributed by atoms with Crippen LogP contribution in [0.3, 0.4) is 0 Å². The Morgan fingerprint density at radius 3 is 3.25 bits per heavy atom. The van der Waals surface area contributed by atoms with Gasteiger partial charge in [-0.05, 0) is 6.08 Å². The van der Waals surface area contributed by atoms with E-state index in [9.17, 15) is 0 Å². The molecule has 2 heteroatoms. The van der Waals surface area contributed by atoms with E-state index in [-0.39, 0.29) is 0 Å². The highest BCUT2D eigenvalue weighted by Crippen LogP contribution is 2.17. The zero-order valence-electron chi connectivity index (χ0n) is 7.38. The van der Waals surface area contributed by atoms with Crippen molar-refractivity contribution in [1.29, 1.82) is 0 Å². The van der Waals surface area contributed by atoms with Gasteiger partial charge in [-0.15, -0.1) is 0 Å². The van der Waals surface area contributed by atoms with Gasteiger partial charge in [0.15, 0.2) is 0 Å². The lowest BCUT2D eigenvalue weighted by Gasteiger charge is -2.29. The summed E-state index contributed by atoms with van der Waals surface area (Å²) in [6.45, 7) is 2.17. The molecule has 64 valence electrons. The van der Waals surface area contributed by atoms with Crippen molar-refractivity contribution in [3.05, 3.63) is 35.7 Å². The summed E-state index contributed by atoms with van der Waals surface area (Å²) in [6, 6.07) is 0. The highest BCUT2D eigenvalue weighted by molar-refractivity contribution is 5.32. The Morgan fingerprint density at radius 2 is 2.33 bits per heavy atom. The lowest BCUT2D eigenvalue weighted by molar-refractivity contribution is 0.391. The van der Waals surface area contributed by atoms with Crippen molar-refractivity contribution in [2.75, 3.05) is 20.1 Å². The number of allylic oxidation sites excluding steroid dienone is 4. The third-order valence-electron chi connectivity index (χ3n) is 2.33. The molecule has 0 amide bonds. The second-order valence-corrected chi connectivity index (χ2v) is 3.20. The van der Waals surface area contributed by atoms with Gasteiger partial charge < -0.3 is 10.2 Å². The predicted molar refractivity (Wildman–Crippen MR) is 50.6 cm³/mol. The number of nitrogens with one attached hydrogen (secondary N) is 1. The van der Waals surface area contributed by atoms with Gasteiger partial charge in [-0.2, -0.15) is 0 Å². The number of likely N-dealkylation sites (N-methyl/N-ethyl adjacent to an activating group) is 1. The predicted octanol–water partition coefficient (Wildman–Crippen LogP) is 1.25. The largest absolute Gasteiger partial charge is 0.385 e. The van der Waals surface area contributed by atoms with Gasteiger partial charge in [0.25, 0.3) is 0 Å². The summed E-state index contributed by atoms with van der Waals surface area (Å²) < 4.78 is 0. The maximum absolute atomic E-state index is 3.43. The standard InChI is InChI=1S/C10H14N2/c1-12-8-7-11-9-5-3-2-4-6-10(9)12/h2-4,6,11H,5,7-8H2,1H3. The van der Waals surface area contributed by atoms with Crippen molar-refractivity contribution in [2.45, 2.75) is 6.42 Å².